The maximum absolute atomic E-state index is 12.5. The van der Waals surface area contributed by atoms with E-state index in [1.54, 1.807) is 34.6 Å². The molecule has 136 valence electrons. The van der Waals surface area contributed by atoms with E-state index in [1.807, 2.05) is 0 Å². The Morgan fingerprint density at radius 3 is 2.50 bits per heavy atom. The number of methoxy groups -OCH3 is 1. The van der Waals surface area contributed by atoms with Crippen LogP contribution in [0.2, 0.25) is 0 Å². The van der Waals surface area contributed by atoms with Crippen LogP contribution >= 0.6 is 0 Å². The SMILES string of the molecule is COC(=O)[C@H](N=[N+]=[N-])[C@@H](O)[C@@H]1COC(C)(C)N1C(=O)OC(C)(C)C. The Hall–Kier alpha value is -2.03. The van der Waals surface area contributed by atoms with Crippen LogP contribution in [0.5, 0.6) is 0 Å². The third-order valence-electron chi connectivity index (χ3n) is 3.45. The fourth-order valence-electron chi connectivity index (χ4n) is 2.39. The van der Waals surface area contributed by atoms with Gasteiger partial charge in [-0.15, -0.1) is 0 Å². The van der Waals surface area contributed by atoms with Gasteiger partial charge in [0.15, 0.2) is 6.04 Å². The van der Waals surface area contributed by atoms with Gasteiger partial charge in [-0.2, -0.15) is 0 Å². The number of ether oxygens (including phenoxy) is 3. The molecular formula is C14H24N4O6. The van der Waals surface area contributed by atoms with Crippen molar-refractivity contribution in [3.05, 3.63) is 10.4 Å². The van der Waals surface area contributed by atoms with Crippen molar-refractivity contribution >= 4 is 12.1 Å². The first kappa shape index (κ1) is 20.0. The molecule has 0 aromatic carbocycles. The molecule has 0 saturated carbocycles. The van der Waals surface area contributed by atoms with Crippen molar-refractivity contribution in [2.45, 2.75) is 64.1 Å². The maximum atomic E-state index is 12.5. The first-order chi connectivity index (χ1) is 10.9. The molecule has 10 nitrogen and oxygen atoms in total. The molecule has 1 saturated heterocycles. The fraction of sp³-hybridized carbons (Fsp3) is 0.857. The number of carbonyl (C=O) groups excluding carboxylic acids is 2. The molecule has 1 amide bonds. The van der Waals surface area contributed by atoms with E-state index >= 15 is 0 Å². The number of azide groups is 1. The van der Waals surface area contributed by atoms with E-state index in [4.69, 9.17) is 15.0 Å². The number of nitrogens with zero attached hydrogens (tertiary/aromatic N) is 4. The van der Waals surface area contributed by atoms with Gasteiger partial charge >= 0.3 is 12.1 Å². The van der Waals surface area contributed by atoms with Gasteiger partial charge in [0, 0.05) is 4.91 Å². The number of aliphatic hydroxyl groups excluding tert-OH is 1. The standard InChI is InChI=1S/C14H24N4O6/c1-13(2,3)24-12(21)18-8(7-23-14(18,4)5)10(19)9(16-17-15)11(20)22-6/h8-10,19H,7H2,1-6H3/t8-,9+,10-/m0/s1. The van der Waals surface area contributed by atoms with Crippen molar-refractivity contribution in [3.63, 3.8) is 0 Å². The van der Waals surface area contributed by atoms with E-state index < -0.39 is 41.6 Å². The van der Waals surface area contributed by atoms with Crippen molar-refractivity contribution in [2.75, 3.05) is 13.7 Å². The van der Waals surface area contributed by atoms with Crippen LogP contribution in [0, 0.1) is 0 Å². The lowest BCUT2D eigenvalue weighted by Gasteiger charge is -2.37. The number of aliphatic hydroxyl groups is 1. The Morgan fingerprint density at radius 2 is 2.04 bits per heavy atom. The van der Waals surface area contributed by atoms with Crippen LogP contribution in [0.4, 0.5) is 4.79 Å². The van der Waals surface area contributed by atoms with E-state index in [0.717, 1.165) is 7.11 Å². The molecule has 0 bridgehead atoms. The third kappa shape index (κ3) is 4.50. The van der Waals surface area contributed by atoms with Gasteiger partial charge in [0.25, 0.3) is 0 Å². The largest absolute Gasteiger partial charge is 0.469 e. The number of amides is 1. The fourth-order valence-corrected chi connectivity index (χ4v) is 2.39. The van der Waals surface area contributed by atoms with Crippen molar-refractivity contribution in [1.82, 2.24) is 4.90 Å². The van der Waals surface area contributed by atoms with Crippen LogP contribution in [0.25, 0.3) is 10.4 Å². The van der Waals surface area contributed by atoms with Crippen molar-refractivity contribution in [3.8, 4) is 0 Å². The molecule has 1 rings (SSSR count). The summed E-state index contributed by atoms with van der Waals surface area (Å²) in [7, 11) is 1.11. The molecule has 1 fully saturated rings. The lowest BCUT2D eigenvalue weighted by atomic mass is 10.0. The minimum absolute atomic E-state index is 0.0537. The highest BCUT2D eigenvalue weighted by Gasteiger charge is 2.51. The van der Waals surface area contributed by atoms with Crippen LogP contribution in [0.15, 0.2) is 5.11 Å². The van der Waals surface area contributed by atoms with Crippen LogP contribution in [-0.2, 0) is 19.0 Å². The number of hydrogen-bond acceptors (Lipinski definition) is 7. The van der Waals surface area contributed by atoms with Gasteiger partial charge in [0.05, 0.1) is 25.9 Å². The highest BCUT2D eigenvalue weighted by molar-refractivity contribution is 5.77. The lowest BCUT2D eigenvalue weighted by Crippen LogP contribution is -2.56. The molecule has 0 spiro atoms. The summed E-state index contributed by atoms with van der Waals surface area (Å²) in [5, 5.41) is 13.8. The summed E-state index contributed by atoms with van der Waals surface area (Å²) in [6, 6.07) is -2.45. The average Bonchev–Trinajstić information content (AvgIpc) is 2.77. The summed E-state index contributed by atoms with van der Waals surface area (Å²) in [6.45, 7) is 8.32. The van der Waals surface area contributed by atoms with Gasteiger partial charge in [0.1, 0.15) is 11.3 Å². The van der Waals surface area contributed by atoms with Gasteiger partial charge in [-0.3, -0.25) is 9.69 Å². The van der Waals surface area contributed by atoms with E-state index in [2.05, 4.69) is 14.8 Å². The predicted molar refractivity (Wildman–Crippen MR) is 82.8 cm³/mol. The van der Waals surface area contributed by atoms with Crippen molar-refractivity contribution < 1.29 is 28.9 Å². The molecule has 10 heteroatoms. The van der Waals surface area contributed by atoms with E-state index in [1.165, 1.54) is 4.90 Å². The maximum Gasteiger partial charge on any atom is 0.412 e. The second-order valence-electron chi connectivity index (χ2n) is 6.84. The molecule has 0 unspecified atom stereocenters. The molecule has 1 aliphatic rings. The highest BCUT2D eigenvalue weighted by atomic mass is 16.6. The topological polar surface area (TPSA) is 134 Å². The smallest absolute Gasteiger partial charge is 0.412 e. The van der Waals surface area contributed by atoms with Gasteiger partial charge in [-0.25, -0.2) is 4.79 Å². The van der Waals surface area contributed by atoms with Crippen molar-refractivity contribution in [1.29, 1.82) is 0 Å². The molecule has 0 aliphatic carbocycles. The zero-order valence-electron chi connectivity index (χ0n) is 14.7. The summed E-state index contributed by atoms with van der Waals surface area (Å²) >= 11 is 0. The summed E-state index contributed by atoms with van der Waals surface area (Å²) in [4.78, 5) is 28.0. The second-order valence-corrected chi connectivity index (χ2v) is 6.84. The Labute approximate surface area is 140 Å². The summed E-state index contributed by atoms with van der Waals surface area (Å²) < 4.78 is 15.4. The Kier molecular flexibility index (Phi) is 6.04. The Balaban J connectivity index is 3.12. The van der Waals surface area contributed by atoms with E-state index in [0.29, 0.717) is 0 Å². The van der Waals surface area contributed by atoms with Gasteiger partial charge in [-0.05, 0) is 40.1 Å². The molecule has 0 aromatic rings. The summed E-state index contributed by atoms with van der Waals surface area (Å²) in [5.41, 5.74) is 6.79. The van der Waals surface area contributed by atoms with Gasteiger partial charge in [0.2, 0.25) is 0 Å². The quantitative estimate of drug-likeness (QED) is 0.356. The van der Waals surface area contributed by atoms with Crippen LogP contribution < -0.4 is 0 Å². The number of esters is 1. The molecule has 0 radical (unpaired) electrons. The predicted octanol–water partition coefficient (Wildman–Crippen LogP) is 1.57. The molecule has 3 atom stereocenters. The molecular weight excluding hydrogens is 320 g/mol. The number of rotatable bonds is 4. The molecule has 24 heavy (non-hydrogen) atoms. The van der Waals surface area contributed by atoms with E-state index in [9.17, 15) is 14.7 Å². The molecule has 1 N–H and O–H groups in total. The minimum atomic E-state index is -1.51. The van der Waals surface area contributed by atoms with Crippen LogP contribution in [-0.4, -0.2) is 65.3 Å². The Bertz CT molecular complexity index is 538. The number of carbonyl (C=O) groups is 2. The number of hydrogen-bond donors (Lipinski definition) is 1. The van der Waals surface area contributed by atoms with Gasteiger partial charge in [-0.1, -0.05) is 5.11 Å². The van der Waals surface area contributed by atoms with E-state index in [-0.39, 0.29) is 6.61 Å². The molecule has 1 aliphatic heterocycles. The first-order valence-electron chi connectivity index (χ1n) is 7.41. The zero-order valence-corrected chi connectivity index (χ0v) is 14.7. The summed E-state index contributed by atoms with van der Waals surface area (Å²) in [6.07, 6.45) is -2.22. The molecule has 1 heterocycles. The zero-order chi connectivity index (χ0) is 18.7. The normalized spacial score (nSPS) is 22.3. The van der Waals surface area contributed by atoms with Crippen LogP contribution in [0.1, 0.15) is 34.6 Å². The van der Waals surface area contributed by atoms with Gasteiger partial charge < -0.3 is 19.3 Å². The highest BCUT2D eigenvalue weighted by Crippen LogP contribution is 2.32. The third-order valence-corrected chi connectivity index (χ3v) is 3.45. The average molecular weight is 344 g/mol. The minimum Gasteiger partial charge on any atom is -0.469 e. The summed E-state index contributed by atoms with van der Waals surface area (Å²) in [5.74, 6) is -0.908. The lowest BCUT2D eigenvalue weighted by molar-refractivity contribution is -0.146. The second kappa shape index (κ2) is 7.25. The molecule has 0 aromatic heterocycles. The van der Waals surface area contributed by atoms with Crippen LogP contribution in [0.3, 0.4) is 0 Å². The van der Waals surface area contributed by atoms with Crippen molar-refractivity contribution in [2.24, 2.45) is 5.11 Å². The first-order valence-corrected chi connectivity index (χ1v) is 7.41. The Morgan fingerprint density at radius 1 is 1.46 bits per heavy atom. The monoisotopic (exact) mass is 344 g/mol.